The quantitative estimate of drug-likeness (QED) is 0.167. The highest BCUT2D eigenvalue weighted by Crippen LogP contribution is 2.29. The molecule has 3 rings (SSSR count). The minimum atomic E-state index is -0.937. The minimum Gasteiger partial charge on any atom is -0.493 e. The molecule has 10 heteroatoms. The molecule has 0 fully saturated rings. The Morgan fingerprint density at radius 1 is 1.00 bits per heavy atom. The van der Waals surface area contributed by atoms with Crippen LogP contribution in [-0.2, 0) is 16.0 Å². The summed E-state index contributed by atoms with van der Waals surface area (Å²) in [6.45, 7) is 5.53. The maximum Gasteiger partial charge on any atom is 0.262 e. The summed E-state index contributed by atoms with van der Waals surface area (Å²) in [5.41, 5.74) is 4.03. The van der Waals surface area contributed by atoms with Gasteiger partial charge in [-0.3, -0.25) is 9.59 Å². The van der Waals surface area contributed by atoms with Crippen LogP contribution in [0.15, 0.2) is 84.5 Å². The molecule has 0 aliphatic carbocycles. The number of carbonyl (C=O) groups is 2. The maximum absolute atomic E-state index is 13.1. The highest BCUT2D eigenvalue weighted by Gasteiger charge is 2.25. The Hall–Kier alpha value is -4.01. The average Bonchev–Trinajstić information content (AvgIpc) is 2.93. The normalized spacial score (nSPS) is 12.3. The van der Waals surface area contributed by atoms with Gasteiger partial charge in [-0.25, -0.2) is 5.43 Å². The second-order valence-electron chi connectivity index (χ2n) is 8.33. The van der Waals surface area contributed by atoms with E-state index < -0.39 is 24.0 Å². The van der Waals surface area contributed by atoms with E-state index in [0.29, 0.717) is 34.4 Å². The van der Waals surface area contributed by atoms with E-state index in [1.54, 1.807) is 43.3 Å². The number of rotatable bonds is 13. The Labute approximate surface area is 237 Å². The molecule has 204 valence electrons. The van der Waals surface area contributed by atoms with Gasteiger partial charge in [-0.2, -0.15) is 5.10 Å². The van der Waals surface area contributed by atoms with Gasteiger partial charge in [0.1, 0.15) is 18.4 Å². The lowest BCUT2D eigenvalue weighted by Gasteiger charge is -2.21. The average molecular weight is 570 g/mol. The van der Waals surface area contributed by atoms with Crippen molar-refractivity contribution in [1.82, 2.24) is 10.7 Å². The summed E-state index contributed by atoms with van der Waals surface area (Å²) in [4.78, 5) is 26.0. The van der Waals surface area contributed by atoms with Gasteiger partial charge in [0, 0.05) is 11.4 Å². The molecule has 0 aliphatic heterocycles. The van der Waals surface area contributed by atoms with Crippen molar-refractivity contribution in [2.75, 3.05) is 13.7 Å². The first-order chi connectivity index (χ1) is 18.8. The lowest BCUT2D eigenvalue weighted by molar-refractivity contribution is -0.132. The summed E-state index contributed by atoms with van der Waals surface area (Å²) >= 11 is 12.1. The molecular weight excluding hydrogens is 541 g/mol. The second kappa shape index (κ2) is 14.8. The fourth-order valence-electron chi connectivity index (χ4n) is 3.44. The molecule has 0 unspecified atom stereocenters. The van der Waals surface area contributed by atoms with Crippen LogP contribution in [0.4, 0.5) is 0 Å². The van der Waals surface area contributed by atoms with Crippen LogP contribution in [0.3, 0.4) is 0 Å². The number of hydrazone groups is 1. The van der Waals surface area contributed by atoms with E-state index in [1.165, 1.54) is 19.4 Å². The van der Waals surface area contributed by atoms with Gasteiger partial charge < -0.3 is 19.5 Å². The van der Waals surface area contributed by atoms with Crippen LogP contribution in [0.25, 0.3) is 0 Å². The fourth-order valence-corrected chi connectivity index (χ4v) is 3.90. The summed E-state index contributed by atoms with van der Waals surface area (Å²) in [5.74, 6) is 0.365. The van der Waals surface area contributed by atoms with Crippen molar-refractivity contribution < 1.29 is 23.8 Å². The maximum atomic E-state index is 13.1. The van der Waals surface area contributed by atoms with Gasteiger partial charge in [-0.1, -0.05) is 66.2 Å². The van der Waals surface area contributed by atoms with Crippen LogP contribution < -0.4 is 25.0 Å². The van der Waals surface area contributed by atoms with E-state index in [4.69, 9.17) is 37.4 Å². The first-order valence-corrected chi connectivity index (χ1v) is 12.8. The summed E-state index contributed by atoms with van der Waals surface area (Å²) in [6.07, 6.45) is 2.40. The lowest BCUT2D eigenvalue weighted by atomic mass is 10.1. The van der Waals surface area contributed by atoms with Crippen LogP contribution in [-0.4, -0.2) is 43.9 Å². The molecule has 0 saturated heterocycles. The molecular formula is C29H29Cl2N3O5. The van der Waals surface area contributed by atoms with E-state index in [1.807, 2.05) is 30.3 Å². The molecule has 0 bridgehead atoms. The Balaban J connectivity index is 1.69. The van der Waals surface area contributed by atoms with Crippen molar-refractivity contribution in [1.29, 1.82) is 0 Å². The van der Waals surface area contributed by atoms with Gasteiger partial charge in [0.25, 0.3) is 11.8 Å². The largest absolute Gasteiger partial charge is 0.493 e. The number of nitrogens with zero attached hydrogens (tertiary/aromatic N) is 1. The SMILES string of the molecule is C=CCOc1ccc(/C=N\NC(=O)[C@@H](Cc2ccccc2)NC(=O)[C@H](C)Oc2ccc(Cl)cc2Cl)cc1OC. The van der Waals surface area contributed by atoms with Crippen molar-refractivity contribution in [3.63, 3.8) is 0 Å². The Bertz CT molecular complexity index is 1320. The van der Waals surface area contributed by atoms with E-state index >= 15 is 0 Å². The smallest absolute Gasteiger partial charge is 0.262 e. The molecule has 2 atom stereocenters. The monoisotopic (exact) mass is 569 g/mol. The van der Waals surface area contributed by atoms with Gasteiger partial charge in [0.2, 0.25) is 0 Å². The fraction of sp³-hybridized carbons (Fsp3) is 0.207. The number of methoxy groups -OCH3 is 1. The van der Waals surface area contributed by atoms with Crippen LogP contribution in [0.1, 0.15) is 18.1 Å². The van der Waals surface area contributed by atoms with Gasteiger partial charge >= 0.3 is 0 Å². The molecule has 0 spiro atoms. The van der Waals surface area contributed by atoms with Gasteiger partial charge in [0.05, 0.1) is 18.3 Å². The molecule has 39 heavy (non-hydrogen) atoms. The first kappa shape index (κ1) is 29.5. The number of halogens is 2. The highest BCUT2D eigenvalue weighted by molar-refractivity contribution is 6.35. The van der Waals surface area contributed by atoms with Crippen LogP contribution in [0, 0.1) is 0 Å². The molecule has 0 saturated carbocycles. The van der Waals surface area contributed by atoms with Gasteiger partial charge in [-0.05, 0) is 54.4 Å². The van der Waals surface area contributed by atoms with Crippen molar-refractivity contribution in [3.8, 4) is 17.2 Å². The molecule has 2 amide bonds. The summed E-state index contributed by atoms with van der Waals surface area (Å²) in [7, 11) is 1.53. The van der Waals surface area contributed by atoms with Gasteiger partial charge in [-0.15, -0.1) is 0 Å². The first-order valence-electron chi connectivity index (χ1n) is 12.0. The second-order valence-corrected chi connectivity index (χ2v) is 9.17. The minimum absolute atomic E-state index is 0.242. The third-order valence-corrected chi connectivity index (χ3v) is 5.95. The van der Waals surface area contributed by atoms with Crippen molar-refractivity contribution >= 4 is 41.2 Å². The van der Waals surface area contributed by atoms with Crippen LogP contribution in [0.2, 0.25) is 10.0 Å². The predicted octanol–water partition coefficient (Wildman–Crippen LogP) is 5.21. The molecule has 8 nitrogen and oxygen atoms in total. The highest BCUT2D eigenvalue weighted by atomic mass is 35.5. The molecule has 3 aromatic carbocycles. The third kappa shape index (κ3) is 9.05. The number of hydrogen-bond acceptors (Lipinski definition) is 6. The van der Waals surface area contributed by atoms with E-state index in [0.717, 1.165) is 5.56 Å². The zero-order valence-corrected chi connectivity index (χ0v) is 23.0. The van der Waals surface area contributed by atoms with Crippen molar-refractivity contribution in [3.05, 3.63) is 101 Å². The standard InChI is InChI=1S/C29H29Cl2N3O5/c1-4-14-38-26-12-10-21(16-27(26)37-3)18-32-34-29(36)24(15-20-8-6-5-7-9-20)33-28(35)19(2)39-25-13-11-22(30)17-23(25)31/h4-13,16-19,24H,1,14-15H2,2-3H3,(H,33,35)(H,34,36)/b32-18-/t19-,24+/m0/s1. The molecule has 2 N–H and O–H groups in total. The molecule has 0 heterocycles. The Kier molecular flexibility index (Phi) is 11.2. The summed E-state index contributed by atoms with van der Waals surface area (Å²) < 4.78 is 16.6. The third-order valence-electron chi connectivity index (χ3n) is 5.42. The van der Waals surface area contributed by atoms with Crippen molar-refractivity contribution in [2.24, 2.45) is 5.10 Å². The molecule has 0 radical (unpaired) electrons. The van der Waals surface area contributed by atoms with E-state index in [-0.39, 0.29) is 11.4 Å². The number of hydrogen-bond donors (Lipinski definition) is 2. The number of amides is 2. The molecule has 0 aliphatic rings. The Morgan fingerprint density at radius 2 is 1.74 bits per heavy atom. The van der Waals surface area contributed by atoms with Gasteiger partial charge in [0.15, 0.2) is 17.6 Å². The predicted molar refractivity (Wildman–Crippen MR) is 153 cm³/mol. The zero-order valence-electron chi connectivity index (χ0n) is 21.5. The topological polar surface area (TPSA) is 98.2 Å². The van der Waals surface area contributed by atoms with Crippen LogP contribution in [0.5, 0.6) is 17.2 Å². The zero-order chi connectivity index (χ0) is 28.2. The number of carbonyl (C=O) groups excluding carboxylic acids is 2. The molecule has 3 aromatic rings. The van der Waals surface area contributed by atoms with Crippen LogP contribution >= 0.6 is 23.2 Å². The number of nitrogens with one attached hydrogen (secondary N) is 2. The van der Waals surface area contributed by atoms with Crippen molar-refractivity contribution in [2.45, 2.75) is 25.5 Å². The van der Waals surface area contributed by atoms with E-state index in [2.05, 4.69) is 22.4 Å². The number of ether oxygens (including phenoxy) is 3. The summed E-state index contributed by atoms with van der Waals surface area (Å²) in [6, 6.07) is 18.3. The lowest BCUT2D eigenvalue weighted by Crippen LogP contribution is -2.50. The number of benzene rings is 3. The Morgan fingerprint density at radius 3 is 2.44 bits per heavy atom. The molecule has 0 aromatic heterocycles. The van der Waals surface area contributed by atoms with E-state index in [9.17, 15) is 9.59 Å². The summed E-state index contributed by atoms with van der Waals surface area (Å²) in [5, 5.41) is 7.52.